The predicted octanol–water partition coefficient (Wildman–Crippen LogP) is 4.27. The number of hydrogen-bond acceptors (Lipinski definition) is 14. The second-order valence-electron chi connectivity index (χ2n) is 15.4. The van der Waals surface area contributed by atoms with Gasteiger partial charge >= 0.3 is 11.8 Å². The highest BCUT2D eigenvalue weighted by Crippen LogP contribution is 2.54. The molecule has 59 heavy (non-hydrogen) atoms. The number of hydrogen-bond donors (Lipinski definition) is 6. The molecule has 5 rings (SSSR count). The molecule has 0 saturated carbocycles. The van der Waals surface area contributed by atoms with E-state index in [0.29, 0.717) is 0 Å². The van der Waals surface area contributed by atoms with Gasteiger partial charge in [-0.1, -0.05) is 45.9 Å². The molecule has 0 unspecified atom stereocenters. The molecule has 0 radical (unpaired) electrons. The number of phenolic OH excluding ortho intramolecular Hbond substituents is 2. The number of carbonyl (C=O) groups excluding carboxylic acids is 4. The lowest BCUT2D eigenvalue weighted by atomic mass is 9.78. The normalized spacial score (nSPS) is 29.8. The molecule has 324 valence electrons. The maximum Gasteiger partial charge on any atom is 0.312 e. The summed E-state index contributed by atoms with van der Waals surface area (Å²) in [5.41, 5.74) is -0.131. The standard InChI is InChI=1S/C43H58N2O14/c1-11-45(16-17-46)31(48)20-56-30-19-28-38(52)33-32(30)34-40(26(7)37(33)51)59-43(9,41(34)53)57-18-15-29(55-10)23(4)39(58-27(8)47)25(6)36(50)24(5)35(49)21(2)13-12-14-22(3)42(54)44-28/h12-15,18-19,21,23-25,29,35-36,39,46,49-52H,11,16-17,20H2,1-10H3,(H,44,54)/b13-12+,18-15+,22-14-/t21-,23+,24+,25+,29-,35-,36+,39+,43-/m0/s1. The lowest BCUT2D eigenvalue weighted by Crippen LogP contribution is -2.46. The first kappa shape index (κ1) is 46.5. The minimum Gasteiger partial charge on any atom is -0.507 e. The predicted molar refractivity (Wildman–Crippen MR) is 217 cm³/mol. The van der Waals surface area contributed by atoms with Crippen LogP contribution in [0.1, 0.15) is 71.3 Å². The Balaban J connectivity index is 1.94. The number of methoxy groups -OCH3 is 1. The highest BCUT2D eigenvalue weighted by molar-refractivity contribution is 6.21. The number of aliphatic hydroxyl groups excluding tert-OH is 3. The maximum absolute atomic E-state index is 14.5. The number of aliphatic hydroxyl groups is 3. The zero-order valence-corrected chi connectivity index (χ0v) is 35.3. The number of phenols is 2. The SMILES string of the molecule is CCN(CCO)C(=O)COc1cc2c(O)c3c(O)c(C)c4c(c13)C(=O)[C@@](C)(O/C=C/[C@H](OC)[C@@H](C)[C@@H](OC(C)=O)[C@H](C)[C@H](O)[C@H](C)[C@@H](O)[C@@H](C)/C=C/C=C(/C)C(=O)N2)O4. The van der Waals surface area contributed by atoms with Gasteiger partial charge in [0, 0.05) is 80.3 Å². The van der Waals surface area contributed by atoms with Crippen molar-refractivity contribution in [3.63, 3.8) is 0 Å². The maximum atomic E-state index is 14.5. The summed E-state index contributed by atoms with van der Waals surface area (Å²) < 4.78 is 29.6. The molecule has 2 aromatic carbocycles. The van der Waals surface area contributed by atoms with E-state index in [9.17, 15) is 44.7 Å². The molecule has 0 saturated heterocycles. The molecule has 3 heterocycles. The van der Waals surface area contributed by atoms with E-state index in [1.807, 2.05) is 0 Å². The number of likely N-dealkylation sites (N-methyl/N-ethyl adjacent to an activating group) is 1. The summed E-state index contributed by atoms with van der Waals surface area (Å²) in [7, 11) is 1.43. The number of carbonyl (C=O) groups is 4. The Morgan fingerprint density at radius 2 is 1.66 bits per heavy atom. The number of amides is 2. The second kappa shape index (κ2) is 19.3. The van der Waals surface area contributed by atoms with Crippen LogP contribution in [-0.2, 0) is 28.6 Å². The number of benzene rings is 2. The molecule has 0 spiro atoms. The summed E-state index contributed by atoms with van der Waals surface area (Å²) in [5, 5.41) is 57.7. The fourth-order valence-corrected chi connectivity index (χ4v) is 7.56. The van der Waals surface area contributed by atoms with Gasteiger partial charge in [0.1, 0.15) is 23.4 Å². The first-order valence-electron chi connectivity index (χ1n) is 19.6. The van der Waals surface area contributed by atoms with Gasteiger partial charge in [0.25, 0.3) is 17.6 Å². The largest absolute Gasteiger partial charge is 0.507 e. The average Bonchev–Trinajstić information content (AvgIpc) is 3.46. The number of ether oxygens (including phenoxy) is 5. The van der Waals surface area contributed by atoms with Crippen LogP contribution in [-0.4, -0.2) is 118 Å². The van der Waals surface area contributed by atoms with E-state index in [0.717, 1.165) is 0 Å². The average molecular weight is 827 g/mol. The number of esters is 1. The van der Waals surface area contributed by atoms with E-state index < -0.39 is 95.5 Å². The molecule has 3 aliphatic rings. The Morgan fingerprint density at radius 3 is 2.27 bits per heavy atom. The summed E-state index contributed by atoms with van der Waals surface area (Å²) in [6.45, 7) is 13.6. The van der Waals surface area contributed by atoms with Crippen molar-refractivity contribution in [2.24, 2.45) is 23.7 Å². The van der Waals surface area contributed by atoms with E-state index in [4.69, 9.17) is 23.7 Å². The van der Waals surface area contributed by atoms with E-state index in [1.54, 1.807) is 46.8 Å². The molecule has 3 aliphatic heterocycles. The number of fused-ring (bicyclic) bond motifs is 14. The Morgan fingerprint density at radius 1 is 0.983 bits per heavy atom. The molecule has 16 nitrogen and oxygen atoms in total. The van der Waals surface area contributed by atoms with Gasteiger partial charge in [-0.3, -0.25) is 19.2 Å². The molecule has 5 bridgehead atoms. The molecular weight excluding hydrogens is 768 g/mol. The Labute approximate surface area is 344 Å². The number of nitrogens with zero attached hydrogens (tertiary/aromatic N) is 1. The van der Waals surface area contributed by atoms with Crippen molar-refractivity contribution in [1.29, 1.82) is 0 Å². The molecule has 2 aromatic rings. The van der Waals surface area contributed by atoms with E-state index in [1.165, 1.54) is 64.2 Å². The van der Waals surface area contributed by atoms with Crippen LogP contribution in [0.2, 0.25) is 0 Å². The van der Waals surface area contributed by atoms with Crippen LogP contribution in [0.25, 0.3) is 10.8 Å². The third-order valence-electron chi connectivity index (χ3n) is 11.3. The van der Waals surface area contributed by atoms with Crippen LogP contribution >= 0.6 is 0 Å². The highest BCUT2D eigenvalue weighted by Gasteiger charge is 2.49. The fourth-order valence-electron chi connectivity index (χ4n) is 7.56. The monoisotopic (exact) mass is 826 g/mol. The minimum absolute atomic E-state index is 0.0339. The summed E-state index contributed by atoms with van der Waals surface area (Å²) in [4.78, 5) is 54.8. The summed E-state index contributed by atoms with van der Waals surface area (Å²) in [6.07, 6.45) is 3.47. The number of ketones is 1. The van der Waals surface area contributed by atoms with Gasteiger partial charge in [0.05, 0.1) is 47.8 Å². The van der Waals surface area contributed by atoms with Crippen LogP contribution in [0, 0.1) is 30.6 Å². The van der Waals surface area contributed by atoms with Gasteiger partial charge in [-0.15, -0.1) is 0 Å². The Hall–Kier alpha value is -5.16. The van der Waals surface area contributed by atoms with Crippen molar-refractivity contribution in [2.75, 3.05) is 38.7 Å². The van der Waals surface area contributed by atoms with Crippen molar-refractivity contribution in [3.8, 4) is 23.0 Å². The van der Waals surface area contributed by atoms with Crippen molar-refractivity contribution < 1.29 is 68.4 Å². The van der Waals surface area contributed by atoms with Gasteiger partial charge in [0.2, 0.25) is 0 Å². The van der Waals surface area contributed by atoms with Crippen molar-refractivity contribution in [2.45, 2.75) is 92.5 Å². The number of nitrogens with one attached hydrogen (secondary N) is 1. The van der Waals surface area contributed by atoms with Gasteiger partial charge in [-0.2, -0.15) is 0 Å². The summed E-state index contributed by atoms with van der Waals surface area (Å²) in [6, 6.07) is 1.22. The third-order valence-corrected chi connectivity index (χ3v) is 11.3. The molecule has 0 fully saturated rings. The minimum atomic E-state index is -2.05. The Kier molecular flexibility index (Phi) is 15.2. The number of allylic oxidation sites excluding steroid dienone is 2. The van der Waals surface area contributed by atoms with E-state index in [2.05, 4.69) is 5.32 Å². The van der Waals surface area contributed by atoms with Crippen molar-refractivity contribution in [1.82, 2.24) is 4.90 Å². The summed E-state index contributed by atoms with van der Waals surface area (Å²) >= 11 is 0. The zero-order valence-electron chi connectivity index (χ0n) is 35.3. The quantitative estimate of drug-likeness (QED) is 0.161. The molecule has 9 atom stereocenters. The van der Waals surface area contributed by atoms with Crippen LogP contribution in [0.5, 0.6) is 23.0 Å². The molecule has 2 amide bonds. The number of rotatable bonds is 8. The van der Waals surface area contributed by atoms with Crippen molar-refractivity contribution in [3.05, 3.63) is 53.3 Å². The smallest absolute Gasteiger partial charge is 0.312 e. The second-order valence-corrected chi connectivity index (χ2v) is 15.4. The molecular formula is C43H58N2O14. The van der Waals surface area contributed by atoms with Gasteiger partial charge in [-0.05, 0) is 26.8 Å². The van der Waals surface area contributed by atoms with Gasteiger partial charge < -0.3 is 59.4 Å². The third kappa shape index (κ3) is 9.67. The van der Waals surface area contributed by atoms with Crippen LogP contribution < -0.4 is 14.8 Å². The molecule has 0 aliphatic carbocycles. The fraction of sp³-hybridized carbons (Fsp3) is 0.535. The summed E-state index contributed by atoms with van der Waals surface area (Å²) in [5.74, 6) is -8.45. The number of anilines is 1. The topological polar surface area (TPSA) is 231 Å². The van der Waals surface area contributed by atoms with Crippen LogP contribution in [0.15, 0.2) is 42.2 Å². The lowest BCUT2D eigenvalue weighted by Gasteiger charge is -2.38. The molecule has 6 N–H and O–H groups in total. The van der Waals surface area contributed by atoms with Crippen molar-refractivity contribution >= 4 is 40.0 Å². The van der Waals surface area contributed by atoms with Crippen LogP contribution in [0.3, 0.4) is 0 Å². The number of Topliss-reactive ketones (excluding diaryl/α,β-unsaturated/α-hetero) is 1. The van der Waals surface area contributed by atoms with Gasteiger partial charge in [-0.25, -0.2) is 0 Å². The molecule has 16 heteroatoms. The lowest BCUT2D eigenvalue weighted by molar-refractivity contribution is -0.160. The van der Waals surface area contributed by atoms with E-state index in [-0.39, 0.29) is 64.4 Å². The number of aromatic hydroxyl groups is 2. The Bertz CT molecular complexity index is 2010. The first-order valence-corrected chi connectivity index (χ1v) is 19.6. The highest BCUT2D eigenvalue weighted by atomic mass is 16.7. The zero-order chi connectivity index (χ0) is 44.1. The van der Waals surface area contributed by atoms with Crippen LogP contribution in [0.4, 0.5) is 5.69 Å². The van der Waals surface area contributed by atoms with Gasteiger partial charge in [0.15, 0.2) is 12.4 Å². The first-order chi connectivity index (χ1) is 27.7. The molecule has 0 aromatic heterocycles. The van der Waals surface area contributed by atoms with E-state index >= 15 is 0 Å².